The number of alkyl halides is 6. The molecule has 0 bridgehead atoms. The van der Waals surface area contributed by atoms with Gasteiger partial charge in [0.15, 0.2) is 5.92 Å². The number of halogens is 6. The van der Waals surface area contributed by atoms with Gasteiger partial charge in [-0.05, 0) is 45.4 Å². The van der Waals surface area contributed by atoms with Gasteiger partial charge in [-0.25, -0.2) is 0 Å². The van der Waals surface area contributed by atoms with E-state index in [1.54, 1.807) is 0 Å². The first kappa shape index (κ1) is 16.6. The summed E-state index contributed by atoms with van der Waals surface area (Å²) in [5, 5.41) is 2.26. The molecule has 8 heteroatoms. The van der Waals surface area contributed by atoms with Crippen molar-refractivity contribution in [1.82, 2.24) is 10.2 Å². The fourth-order valence-electron chi connectivity index (χ4n) is 2.10. The summed E-state index contributed by atoms with van der Waals surface area (Å²) in [4.78, 5) is 2.16. The molecule has 0 aromatic rings. The Balaban J connectivity index is 2.21. The topological polar surface area (TPSA) is 15.3 Å². The molecule has 0 aromatic heterocycles. The van der Waals surface area contributed by atoms with Crippen LogP contribution < -0.4 is 5.32 Å². The Bertz CT molecular complexity index is 243. The quantitative estimate of drug-likeness (QED) is 0.598. The van der Waals surface area contributed by atoms with Crippen molar-refractivity contribution >= 4 is 0 Å². The fraction of sp³-hybridized carbons (Fsp3) is 1.00. The number of rotatable bonds is 6. The lowest BCUT2D eigenvalue weighted by Gasteiger charge is -2.23. The standard InChI is InChI=1S/C11H18F6N2/c12-10(13,14)9(11(15,16)17)8-18-4-3-7-19-5-1-2-6-19/h9,18H,1-8H2. The Hall–Kier alpha value is -0.500. The molecule has 1 rings (SSSR count). The minimum absolute atomic E-state index is 0.166. The van der Waals surface area contributed by atoms with Crippen molar-refractivity contribution in [2.45, 2.75) is 31.6 Å². The zero-order chi connectivity index (χ0) is 14.5. The first-order chi connectivity index (χ1) is 8.71. The summed E-state index contributed by atoms with van der Waals surface area (Å²) < 4.78 is 73.2. The molecule has 0 amide bonds. The van der Waals surface area contributed by atoms with Crippen molar-refractivity contribution in [1.29, 1.82) is 0 Å². The van der Waals surface area contributed by atoms with Crippen LogP contribution in [0, 0.1) is 5.92 Å². The summed E-state index contributed by atoms with van der Waals surface area (Å²) in [6.45, 7) is 1.71. The van der Waals surface area contributed by atoms with E-state index in [1.165, 1.54) is 0 Å². The molecule has 1 heterocycles. The monoisotopic (exact) mass is 292 g/mol. The van der Waals surface area contributed by atoms with Crippen LogP contribution in [-0.4, -0.2) is 50.0 Å². The van der Waals surface area contributed by atoms with Gasteiger partial charge in [-0.3, -0.25) is 0 Å². The van der Waals surface area contributed by atoms with Crippen molar-refractivity contribution in [3.63, 3.8) is 0 Å². The molecule has 2 nitrogen and oxygen atoms in total. The van der Waals surface area contributed by atoms with Crippen molar-refractivity contribution < 1.29 is 26.3 Å². The summed E-state index contributed by atoms with van der Waals surface area (Å²) in [5.74, 6) is -3.29. The second-order valence-corrected chi connectivity index (χ2v) is 4.74. The van der Waals surface area contributed by atoms with E-state index in [1.807, 2.05) is 0 Å². The van der Waals surface area contributed by atoms with E-state index in [0.717, 1.165) is 32.5 Å². The maximum atomic E-state index is 12.2. The molecule has 1 aliphatic rings. The van der Waals surface area contributed by atoms with E-state index < -0.39 is 24.8 Å². The van der Waals surface area contributed by atoms with Crippen molar-refractivity contribution in [3.8, 4) is 0 Å². The van der Waals surface area contributed by atoms with Crippen LogP contribution >= 0.6 is 0 Å². The van der Waals surface area contributed by atoms with E-state index in [9.17, 15) is 26.3 Å². The van der Waals surface area contributed by atoms with E-state index >= 15 is 0 Å². The molecule has 0 unspecified atom stereocenters. The maximum absolute atomic E-state index is 12.2. The molecule has 1 aliphatic heterocycles. The van der Waals surface area contributed by atoms with E-state index in [4.69, 9.17) is 0 Å². The average molecular weight is 292 g/mol. The molecule has 0 aromatic carbocycles. The maximum Gasteiger partial charge on any atom is 0.401 e. The first-order valence-corrected chi connectivity index (χ1v) is 6.28. The minimum atomic E-state index is -5.25. The summed E-state index contributed by atoms with van der Waals surface area (Å²) in [6, 6.07) is 0. The van der Waals surface area contributed by atoms with E-state index in [0.29, 0.717) is 6.42 Å². The normalized spacial score (nSPS) is 18.5. The van der Waals surface area contributed by atoms with E-state index in [-0.39, 0.29) is 6.54 Å². The largest absolute Gasteiger partial charge is 0.401 e. The van der Waals surface area contributed by atoms with Crippen LogP contribution in [0.2, 0.25) is 0 Å². The molecule has 0 saturated carbocycles. The number of likely N-dealkylation sites (tertiary alicyclic amines) is 1. The highest BCUT2D eigenvalue weighted by molar-refractivity contribution is 4.77. The fourth-order valence-corrected chi connectivity index (χ4v) is 2.10. The number of nitrogens with one attached hydrogen (secondary N) is 1. The van der Waals surface area contributed by atoms with Gasteiger partial charge in [0.1, 0.15) is 0 Å². The van der Waals surface area contributed by atoms with Gasteiger partial charge in [-0.15, -0.1) is 0 Å². The minimum Gasteiger partial charge on any atom is -0.316 e. The highest BCUT2D eigenvalue weighted by Crippen LogP contribution is 2.38. The van der Waals surface area contributed by atoms with Crippen molar-refractivity contribution in [2.24, 2.45) is 5.92 Å². The van der Waals surface area contributed by atoms with Crippen LogP contribution in [0.15, 0.2) is 0 Å². The zero-order valence-corrected chi connectivity index (χ0v) is 10.4. The Kier molecular flexibility index (Phi) is 5.91. The van der Waals surface area contributed by atoms with E-state index in [2.05, 4.69) is 10.2 Å². The zero-order valence-electron chi connectivity index (χ0n) is 10.4. The van der Waals surface area contributed by atoms with Gasteiger partial charge in [0.2, 0.25) is 0 Å². The molecule has 1 N–H and O–H groups in total. The second-order valence-electron chi connectivity index (χ2n) is 4.74. The van der Waals surface area contributed by atoms with Gasteiger partial charge < -0.3 is 10.2 Å². The van der Waals surface area contributed by atoms with Crippen molar-refractivity contribution in [3.05, 3.63) is 0 Å². The Morgan fingerprint density at radius 2 is 1.47 bits per heavy atom. The number of hydrogen-bond donors (Lipinski definition) is 1. The highest BCUT2D eigenvalue weighted by Gasteiger charge is 2.56. The molecular formula is C11H18F6N2. The summed E-state index contributed by atoms with van der Waals surface area (Å²) >= 11 is 0. The summed E-state index contributed by atoms with van der Waals surface area (Å²) in [7, 11) is 0. The lowest BCUT2D eigenvalue weighted by Crippen LogP contribution is -2.43. The molecule has 0 atom stereocenters. The molecule has 1 saturated heterocycles. The molecule has 114 valence electrons. The third-order valence-corrected chi connectivity index (χ3v) is 3.17. The SMILES string of the molecule is FC(F)(F)C(CNCCCN1CCCC1)C(F)(F)F. The third kappa shape index (κ3) is 5.99. The third-order valence-electron chi connectivity index (χ3n) is 3.17. The van der Waals surface area contributed by atoms with Gasteiger partial charge in [0, 0.05) is 6.54 Å². The van der Waals surface area contributed by atoms with Crippen LogP contribution in [0.4, 0.5) is 26.3 Å². The lowest BCUT2D eigenvalue weighted by molar-refractivity contribution is -0.281. The predicted octanol–water partition coefficient (Wildman–Crippen LogP) is 2.80. The summed E-state index contributed by atoms with van der Waals surface area (Å²) in [6.07, 6.45) is -7.72. The molecular weight excluding hydrogens is 274 g/mol. The van der Waals surface area contributed by atoms with Gasteiger partial charge in [-0.2, -0.15) is 26.3 Å². The van der Waals surface area contributed by atoms with Gasteiger partial charge in [0.25, 0.3) is 0 Å². The van der Waals surface area contributed by atoms with Crippen LogP contribution in [0.1, 0.15) is 19.3 Å². The molecule has 1 fully saturated rings. The summed E-state index contributed by atoms with van der Waals surface area (Å²) in [5.41, 5.74) is 0. The number of nitrogens with zero attached hydrogens (tertiary/aromatic N) is 1. The first-order valence-electron chi connectivity index (χ1n) is 6.28. The molecule has 0 aliphatic carbocycles. The molecule has 0 spiro atoms. The van der Waals surface area contributed by atoms with Crippen LogP contribution in [0.3, 0.4) is 0 Å². The van der Waals surface area contributed by atoms with Gasteiger partial charge in [-0.1, -0.05) is 0 Å². The number of hydrogen-bond acceptors (Lipinski definition) is 2. The Morgan fingerprint density at radius 1 is 0.947 bits per heavy atom. The molecule has 0 radical (unpaired) electrons. The van der Waals surface area contributed by atoms with Gasteiger partial charge in [0.05, 0.1) is 0 Å². The smallest absolute Gasteiger partial charge is 0.316 e. The van der Waals surface area contributed by atoms with Crippen LogP contribution in [0.25, 0.3) is 0 Å². The average Bonchev–Trinajstić information content (AvgIpc) is 2.72. The lowest BCUT2D eigenvalue weighted by atomic mass is 10.1. The Labute approximate surface area is 108 Å². The highest BCUT2D eigenvalue weighted by atomic mass is 19.4. The van der Waals surface area contributed by atoms with Gasteiger partial charge >= 0.3 is 12.4 Å². The van der Waals surface area contributed by atoms with Crippen LogP contribution in [0.5, 0.6) is 0 Å². The molecule has 19 heavy (non-hydrogen) atoms. The second kappa shape index (κ2) is 6.78. The van der Waals surface area contributed by atoms with Crippen LogP contribution in [-0.2, 0) is 0 Å². The predicted molar refractivity (Wildman–Crippen MR) is 58.8 cm³/mol. The Morgan fingerprint density at radius 3 is 1.95 bits per heavy atom. The van der Waals surface area contributed by atoms with Crippen molar-refractivity contribution in [2.75, 3.05) is 32.7 Å².